The van der Waals surface area contributed by atoms with Crippen LogP contribution in [0.5, 0.6) is 0 Å². The first kappa shape index (κ1) is 14.7. The number of carbonyl (C=O) groups is 1. The van der Waals surface area contributed by atoms with Crippen molar-refractivity contribution in [3.8, 4) is 0 Å². The first-order valence-electron chi connectivity index (χ1n) is 8.52. The van der Waals surface area contributed by atoms with Crippen LogP contribution >= 0.6 is 0 Å². The maximum atomic E-state index is 12.8. The van der Waals surface area contributed by atoms with Gasteiger partial charge < -0.3 is 5.32 Å². The minimum Gasteiger partial charge on any atom is -0.347 e. The van der Waals surface area contributed by atoms with Gasteiger partial charge in [-0.1, -0.05) is 6.07 Å². The Bertz CT molecular complexity index is 648. The largest absolute Gasteiger partial charge is 0.347 e. The molecule has 5 heteroatoms. The molecule has 0 aliphatic heterocycles. The fraction of sp³-hybridized carbons (Fsp3) is 0.611. The predicted molar refractivity (Wildman–Crippen MR) is 86.2 cm³/mol. The summed E-state index contributed by atoms with van der Waals surface area (Å²) in [6.07, 6.45) is 7.22. The Kier molecular flexibility index (Phi) is 3.22. The molecule has 1 amide bonds. The molecule has 0 aromatic heterocycles. The van der Waals surface area contributed by atoms with Crippen LogP contribution in [-0.4, -0.2) is 16.4 Å². The third kappa shape index (κ3) is 2.42. The smallest absolute Gasteiger partial charge is 0.273 e. The van der Waals surface area contributed by atoms with E-state index in [1.165, 1.54) is 25.3 Å². The molecular formula is C18H22N2O3. The summed E-state index contributed by atoms with van der Waals surface area (Å²) in [5, 5.41) is 14.4. The summed E-state index contributed by atoms with van der Waals surface area (Å²) < 4.78 is 0. The highest BCUT2D eigenvalue weighted by molar-refractivity contribution is 5.97. The van der Waals surface area contributed by atoms with Crippen LogP contribution < -0.4 is 5.32 Å². The second-order valence-electron chi connectivity index (χ2n) is 7.86. The average Bonchev–Trinajstić information content (AvgIpc) is 2.44. The number of nitro groups is 1. The summed E-state index contributed by atoms with van der Waals surface area (Å²) in [5.74, 6) is 2.13. The lowest BCUT2D eigenvalue weighted by Gasteiger charge is -2.56. The van der Waals surface area contributed by atoms with E-state index in [1.807, 2.05) is 0 Å². The molecule has 0 spiro atoms. The van der Waals surface area contributed by atoms with Crippen LogP contribution in [0.25, 0.3) is 0 Å². The van der Waals surface area contributed by atoms with Crippen LogP contribution in [0.4, 0.5) is 5.69 Å². The topological polar surface area (TPSA) is 72.2 Å². The molecule has 0 atom stereocenters. The fourth-order valence-electron chi connectivity index (χ4n) is 5.64. The van der Waals surface area contributed by atoms with E-state index in [9.17, 15) is 14.9 Å². The number of benzene rings is 1. The Morgan fingerprint density at radius 3 is 2.26 bits per heavy atom. The summed E-state index contributed by atoms with van der Waals surface area (Å²) in [5.41, 5.74) is 0.848. The van der Waals surface area contributed by atoms with Crippen LogP contribution in [0.15, 0.2) is 18.2 Å². The number of amides is 1. The Balaban J connectivity index is 1.59. The molecule has 1 aromatic rings. The number of nitro benzene ring substituents is 1. The second-order valence-corrected chi connectivity index (χ2v) is 7.86. The average molecular weight is 314 g/mol. The lowest BCUT2D eigenvalue weighted by atomic mass is 9.53. The van der Waals surface area contributed by atoms with E-state index < -0.39 is 4.92 Å². The molecule has 4 aliphatic carbocycles. The van der Waals surface area contributed by atoms with Crippen LogP contribution in [0, 0.1) is 34.8 Å². The van der Waals surface area contributed by atoms with Crippen molar-refractivity contribution in [2.45, 2.75) is 51.0 Å². The number of nitrogens with one attached hydrogen (secondary N) is 1. The SMILES string of the molecule is Cc1c(C(=O)NC23CC4CC(CC(C4)C2)C3)cccc1[N+](=O)[O-]. The fourth-order valence-corrected chi connectivity index (χ4v) is 5.64. The highest BCUT2D eigenvalue weighted by Crippen LogP contribution is 2.55. The lowest BCUT2D eigenvalue weighted by Crippen LogP contribution is -2.59. The molecule has 4 bridgehead atoms. The molecular weight excluding hydrogens is 292 g/mol. The van der Waals surface area contributed by atoms with Gasteiger partial charge in [-0.3, -0.25) is 14.9 Å². The van der Waals surface area contributed by atoms with Gasteiger partial charge in [0.2, 0.25) is 0 Å². The minimum absolute atomic E-state index is 0.0168. The zero-order valence-corrected chi connectivity index (χ0v) is 13.4. The molecule has 4 saturated carbocycles. The third-order valence-corrected chi connectivity index (χ3v) is 6.16. The van der Waals surface area contributed by atoms with Gasteiger partial charge in [0.15, 0.2) is 0 Å². The number of rotatable bonds is 3. The predicted octanol–water partition coefficient (Wildman–Crippen LogP) is 3.60. The Morgan fingerprint density at radius 1 is 1.17 bits per heavy atom. The van der Waals surface area contributed by atoms with Gasteiger partial charge in [0, 0.05) is 22.7 Å². The monoisotopic (exact) mass is 314 g/mol. The van der Waals surface area contributed by atoms with E-state index >= 15 is 0 Å². The van der Waals surface area contributed by atoms with E-state index in [-0.39, 0.29) is 17.1 Å². The number of carbonyl (C=O) groups excluding carboxylic acids is 1. The van der Waals surface area contributed by atoms with E-state index in [2.05, 4.69) is 5.32 Å². The molecule has 23 heavy (non-hydrogen) atoms. The van der Waals surface area contributed by atoms with Crippen molar-refractivity contribution < 1.29 is 9.72 Å². The standard InChI is InChI=1S/C18H22N2O3/c1-11-15(3-2-4-16(11)20(22)23)17(21)19-18-8-12-5-13(9-18)7-14(6-12)10-18/h2-4,12-14H,5-10H2,1H3,(H,19,21). The molecule has 5 nitrogen and oxygen atoms in total. The third-order valence-electron chi connectivity index (χ3n) is 6.16. The van der Waals surface area contributed by atoms with Crippen molar-refractivity contribution in [3.05, 3.63) is 39.4 Å². The van der Waals surface area contributed by atoms with Crippen molar-refractivity contribution in [2.24, 2.45) is 17.8 Å². The number of nitrogens with zero attached hydrogens (tertiary/aromatic N) is 1. The van der Waals surface area contributed by atoms with Crippen molar-refractivity contribution in [1.82, 2.24) is 5.32 Å². The van der Waals surface area contributed by atoms with Crippen molar-refractivity contribution in [2.75, 3.05) is 0 Å². The lowest BCUT2D eigenvalue weighted by molar-refractivity contribution is -0.385. The van der Waals surface area contributed by atoms with Crippen LogP contribution in [0.2, 0.25) is 0 Å². The molecule has 0 radical (unpaired) electrons. The van der Waals surface area contributed by atoms with E-state index in [1.54, 1.807) is 19.1 Å². The first-order chi connectivity index (χ1) is 11.0. The summed E-state index contributed by atoms with van der Waals surface area (Å²) in [7, 11) is 0. The summed E-state index contributed by atoms with van der Waals surface area (Å²) >= 11 is 0. The second kappa shape index (κ2) is 5.05. The summed E-state index contributed by atoms with van der Waals surface area (Å²) in [4.78, 5) is 23.5. The van der Waals surface area contributed by atoms with Gasteiger partial charge in [0.05, 0.1) is 4.92 Å². The minimum atomic E-state index is -0.420. The first-order valence-corrected chi connectivity index (χ1v) is 8.52. The van der Waals surface area contributed by atoms with Gasteiger partial charge >= 0.3 is 0 Å². The molecule has 0 unspecified atom stereocenters. The molecule has 122 valence electrons. The molecule has 1 aromatic carbocycles. The molecule has 5 rings (SSSR count). The maximum absolute atomic E-state index is 12.8. The Labute approximate surface area is 135 Å². The van der Waals surface area contributed by atoms with Gasteiger partial charge in [0.25, 0.3) is 11.6 Å². The zero-order valence-electron chi connectivity index (χ0n) is 13.4. The summed E-state index contributed by atoms with van der Waals surface area (Å²) in [6, 6.07) is 4.74. The highest BCUT2D eigenvalue weighted by Gasteiger charge is 2.51. The van der Waals surface area contributed by atoms with Gasteiger partial charge in [-0.15, -0.1) is 0 Å². The van der Waals surface area contributed by atoms with Crippen molar-refractivity contribution in [1.29, 1.82) is 0 Å². The van der Waals surface area contributed by atoms with Crippen LogP contribution in [0.3, 0.4) is 0 Å². The van der Waals surface area contributed by atoms with Gasteiger partial charge in [-0.2, -0.15) is 0 Å². The van der Waals surface area contributed by atoms with Crippen LogP contribution in [-0.2, 0) is 0 Å². The zero-order chi connectivity index (χ0) is 16.2. The van der Waals surface area contributed by atoms with Crippen molar-refractivity contribution >= 4 is 11.6 Å². The van der Waals surface area contributed by atoms with Gasteiger partial charge in [0.1, 0.15) is 0 Å². The van der Waals surface area contributed by atoms with E-state index in [0.29, 0.717) is 11.1 Å². The normalized spacial score (nSPS) is 34.4. The number of hydrogen-bond donors (Lipinski definition) is 1. The van der Waals surface area contributed by atoms with Crippen molar-refractivity contribution in [3.63, 3.8) is 0 Å². The summed E-state index contributed by atoms with van der Waals surface area (Å²) in [6.45, 7) is 1.66. The highest BCUT2D eigenvalue weighted by atomic mass is 16.6. The Hall–Kier alpha value is -1.91. The molecule has 0 heterocycles. The molecule has 0 saturated heterocycles. The Morgan fingerprint density at radius 2 is 1.74 bits per heavy atom. The molecule has 4 fully saturated rings. The van der Waals surface area contributed by atoms with Gasteiger partial charge in [-0.25, -0.2) is 0 Å². The quantitative estimate of drug-likeness (QED) is 0.684. The van der Waals surface area contributed by atoms with E-state index in [4.69, 9.17) is 0 Å². The van der Waals surface area contributed by atoms with Crippen LogP contribution in [0.1, 0.15) is 54.4 Å². The van der Waals surface area contributed by atoms with E-state index in [0.717, 1.165) is 37.0 Å². The number of hydrogen-bond acceptors (Lipinski definition) is 3. The maximum Gasteiger partial charge on any atom is 0.273 e. The molecule has 4 aliphatic rings. The molecule has 1 N–H and O–H groups in total. The van der Waals surface area contributed by atoms with Gasteiger partial charge in [-0.05, 0) is 69.3 Å².